The molecule has 2 atom stereocenters. The second kappa shape index (κ2) is 6.35. The predicted octanol–water partition coefficient (Wildman–Crippen LogP) is 3.72. The Morgan fingerprint density at radius 3 is 2.40 bits per heavy atom. The van der Waals surface area contributed by atoms with Crippen molar-refractivity contribution in [3.63, 3.8) is 0 Å². The quantitative estimate of drug-likeness (QED) is 0.828. The third kappa shape index (κ3) is 3.64. The fourth-order valence-electron chi connectivity index (χ4n) is 3.89. The molecule has 3 nitrogen and oxygen atoms in total. The van der Waals surface area contributed by atoms with Gasteiger partial charge in [-0.3, -0.25) is 0 Å². The molecule has 0 bridgehead atoms. The van der Waals surface area contributed by atoms with Crippen LogP contribution in [0.25, 0.3) is 0 Å². The molecule has 2 aliphatic rings. The Kier molecular flexibility index (Phi) is 4.79. The topological polar surface area (TPSA) is 41.1 Å². The van der Waals surface area contributed by atoms with Gasteiger partial charge in [0.2, 0.25) is 0 Å². The molecular formula is C18H25F3N2OS. The van der Waals surface area contributed by atoms with Crippen molar-refractivity contribution in [3.05, 3.63) is 34.9 Å². The van der Waals surface area contributed by atoms with E-state index in [1.165, 1.54) is 6.07 Å². The highest BCUT2D eigenvalue weighted by atomic mass is 32.2. The van der Waals surface area contributed by atoms with Gasteiger partial charge in [0, 0.05) is 0 Å². The van der Waals surface area contributed by atoms with Crippen LogP contribution in [0.3, 0.4) is 0 Å². The lowest BCUT2D eigenvalue weighted by molar-refractivity contribution is -0.137. The summed E-state index contributed by atoms with van der Waals surface area (Å²) in [4.78, 5) is 0. The highest BCUT2D eigenvalue weighted by Gasteiger charge is 2.48. The Morgan fingerprint density at radius 1 is 1.20 bits per heavy atom. The van der Waals surface area contributed by atoms with Gasteiger partial charge in [-0.15, -0.1) is 0 Å². The van der Waals surface area contributed by atoms with E-state index < -0.39 is 27.5 Å². The Morgan fingerprint density at radius 2 is 1.84 bits per heavy atom. The van der Waals surface area contributed by atoms with Gasteiger partial charge in [0.15, 0.2) is 0 Å². The van der Waals surface area contributed by atoms with Gasteiger partial charge in [0.25, 0.3) is 0 Å². The van der Waals surface area contributed by atoms with Crippen LogP contribution in [0.1, 0.15) is 56.3 Å². The van der Waals surface area contributed by atoms with Crippen molar-refractivity contribution in [1.82, 2.24) is 10.0 Å². The zero-order chi connectivity index (χ0) is 18.5. The van der Waals surface area contributed by atoms with Crippen LogP contribution in [-0.2, 0) is 23.6 Å². The second-order valence-electron chi connectivity index (χ2n) is 8.13. The van der Waals surface area contributed by atoms with Crippen LogP contribution in [0.2, 0.25) is 0 Å². The summed E-state index contributed by atoms with van der Waals surface area (Å²) in [6.07, 6.45) is -2.01. The fourth-order valence-corrected chi connectivity index (χ4v) is 4.84. The lowest BCUT2D eigenvalue weighted by Gasteiger charge is -2.40. The normalized spacial score (nSPS) is 24.3. The van der Waals surface area contributed by atoms with E-state index in [4.69, 9.17) is 0 Å². The first-order chi connectivity index (χ1) is 11.5. The number of rotatable bonds is 2. The van der Waals surface area contributed by atoms with Crippen molar-refractivity contribution in [1.29, 1.82) is 0 Å². The van der Waals surface area contributed by atoms with E-state index in [0.717, 1.165) is 43.1 Å². The van der Waals surface area contributed by atoms with Gasteiger partial charge in [0.1, 0.15) is 0 Å². The van der Waals surface area contributed by atoms with Gasteiger partial charge < -0.3 is 5.32 Å². The van der Waals surface area contributed by atoms with Crippen LogP contribution in [0.5, 0.6) is 0 Å². The standard InChI is InChI=1S/C18H25F3N2OS/c1-16(2,3)25(24)23-15-14-5-4-13(18(19,20)21)10-12(14)11-17(15)6-8-22-9-7-17/h4-5,10,15,22-23H,6-9,11H2,1-3H3/t15?,25-/m1/s1. The van der Waals surface area contributed by atoms with E-state index in [1.807, 2.05) is 20.8 Å². The first-order valence-electron chi connectivity index (χ1n) is 8.62. The summed E-state index contributed by atoms with van der Waals surface area (Å²) in [5.41, 5.74) is 0.833. The molecule has 1 aromatic carbocycles. The van der Waals surface area contributed by atoms with Gasteiger partial charge in [-0.25, -0.2) is 8.93 Å². The first-order valence-corrected chi connectivity index (χ1v) is 9.77. The zero-order valence-corrected chi connectivity index (χ0v) is 15.6. The van der Waals surface area contributed by atoms with Gasteiger partial charge in [-0.1, -0.05) is 6.07 Å². The molecule has 0 saturated carbocycles. The third-order valence-electron chi connectivity index (χ3n) is 5.32. The number of hydrogen-bond acceptors (Lipinski definition) is 2. The average Bonchev–Trinajstić information content (AvgIpc) is 2.79. The highest BCUT2D eigenvalue weighted by molar-refractivity contribution is 7.84. The summed E-state index contributed by atoms with van der Waals surface area (Å²) in [7, 11) is -1.28. The van der Waals surface area contributed by atoms with E-state index in [1.54, 1.807) is 6.07 Å². The molecule has 25 heavy (non-hydrogen) atoms. The SMILES string of the molecule is CC(C)(C)[S@@](=O)NC1c2ccc(C(F)(F)F)cc2CC12CCNCC2. The summed E-state index contributed by atoms with van der Waals surface area (Å²) >= 11 is 0. The molecule has 1 saturated heterocycles. The summed E-state index contributed by atoms with van der Waals surface area (Å²) in [6.45, 7) is 7.36. The molecule has 0 amide bonds. The lowest BCUT2D eigenvalue weighted by atomic mass is 9.73. The summed E-state index contributed by atoms with van der Waals surface area (Å²) in [5.74, 6) is 0. The maximum Gasteiger partial charge on any atom is 0.416 e. The monoisotopic (exact) mass is 374 g/mol. The number of alkyl halides is 3. The molecule has 1 aliphatic heterocycles. The molecule has 2 N–H and O–H groups in total. The fraction of sp³-hybridized carbons (Fsp3) is 0.667. The van der Waals surface area contributed by atoms with Crippen molar-refractivity contribution in [2.24, 2.45) is 5.41 Å². The smallest absolute Gasteiger partial charge is 0.317 e. The Hall–Kier alpha value is -0.920. The van der Waals surface area contributed by atoms with E-state index in [0.29, 0.717) is 6.42 Å². The molecule has 1 aromatic rings. The molecule has 1 spiro atoms. The number of hydrogen-bond donors (Lipinski definition) is 2. The molecule has 1 fully saturated rings. The van der Waals surface area contributed by atoms with Crippen molar-refractivity contribution < 1.29 is 17.4 Å². The maximum absolute atomic E-state index is 13.1. The molecule has 3 rings (SSSR count). The molecule has 1 heterocycles. The molecule has 0 radical (unpaired) electrons. The van der Waals surface area contributed by atoms with E-state index in [9.17, 15) is 17.4 Å². The number of benzene rings is 1. The van der Waals surface area contributed by atoms with Crippen molar-refractivity contribution in [3.8, 4) is 0 Å². The average molecular weight is 374 g/mol. The largest absolute Gasteiger partial charge is 0.416 e. The number of halogens is 3. The Balaban J connectivity index is 1.99. The molecule has 140 valence electrons. The predicted molar refractivity (Wildman–Crippen MR) is 93.5 cm³/mol. The molecule has 1 aliphatic carbocycles. The van der Waals surface area contributed by atoms with Gasteiger partial charge in [0.05, 0.1) is 27.3 Å². The molecule has 1 unspecified atom stereocenters. The Bertz CT molecular complexity index is 676. The number of fused-ring (bicyclic) bond motifs is 1. The molecule has 0 aromatic heterocycles. The van der Waals surface area contributed by atoms with Gasteiger partial charge in [-0.2, -0.15) is 13.2 Å². The van der Waals surface area contributed by atoms with E-state index in [-0.39, 0.29) is 11.5 Å². The van der Waals surface area contributed by atoms with Crippen LogP contribution in [0.4, 0.5) is 13.2 Å². The minimum atomic E-state index is -4.34. The van der Waals surface area contributed by atoms with Crippen LogP contribution in [0, 0.1) is 5.41 Å². The van der Waals surface area contributed by atoms with Gasteiger partial charge >= 0.3 is 6.18 Å². The van der Waals surface area contributed by atoms with Crippen LogP contribution in [0.15, 0.2) is 18.2 Å². The van der Waals surface area contributed by atoms with Gasteiger partial charge in [-0.05, 0) is 81.8 Å². The number of piperidine rings is 1. The van der Waals surface area contributed by atoms with Crippen molar-refractivity contribution >= 4 is 11.0 Å². The summed E-state index contributed by atoms with van der Waals surface area (Å²) < 4.78 is 54.8. The van der Waals surface area contributed by atoms with Crippen molar-refractivity contribution in [2.75, 3.05) is 13.1 Å². The lowest BCUT2D eigenvalue weighted by Crippen LogP contribution is -2.46. The second-order valence-corrected chi connectivity index (χ2v) is 10.1. The van der Waals surface area contributed by atoms with Crippen LogP contribution in [-0.4, -0.2) is 22.0 Å². The minimum absolute atomic E-state index is 0.168. The zero-order valence-electron chi connectivity index (χ0n) is 14.8. The molecular weight excluding hydrogens is 349 g/mol. The molecule has 7 heteroatoms. The number of nitrogens with one attached hydrogen (secondary N) is 2. The van der Waals surface area contributed by atoms with Crippen molar-refractivity contribution in [2.45, 2.75) is 57.0 Å². The minimum Gasteiger partial charge on any atom is -0.317 e. The first kappa shape index (κ1) is 18.9. The highest BCUT2D eigenvalue weighted by Crippen LogP contribution is 2.52. The third-order valence-corrected chi connectivity index (χ3v) is 6.88. The van der Waals surface area contributed by atoms with Crippen LogP contribution >= 0.6 is 0 Å². The van der Waals surface area contributed by atoms with E-state index in [2.05, 4.69) is 10.0 Å². The van der Waals surface area contributed by atoms with Crippen LogP contribution < -0.4 is 10.0 Å². The maximum atomic E-state index is 13.1. The summed E-state index contributed by atoms with van der Waals surface area (Å²) in [6, 6.07) is 3.83. The Labute approximate surface area is 149 Å². The summed E-state index contributed by atoms with van der Waals surface area (Å²) in [5, 5.41) is 3.32. The van der Waals surface area contributed by atoms with E-state index >= 15 is 0 Å².